The van der Waals surface area contributed by atoms with Crippen LogP contribution in [-0.2, 0) is 28.5 Å². The van der Waals surface area contributed by atoms with E-state index >= 15 is 0 Å². The van der Waals surface area contributed by atoms with Crippen molar-refractivity contribution in [2.24, 2.45) is 63.1 Å². The Labute approximate surface area is 339 Å². The topological polar surface area (TPSA) is 205 Å². The molecule has 9 unspecified atom stereocenters. The molecule has 7 N–H and O–H groups in total. The molecule has 7 aliphatic rings. The van der Waals surface area contributed by atoms with Gasteiger partial charge >= 0.3 is 0 Å². The van der Waals surface area contributed by atoms with E-state index in [9.17, 15) is 40.5 Å². The SMILES string of the molecule is C[C@H]1C(CO)O[C@H](O[C@@H]2C(O)[C@@H](O)C(CO)O[C@@H]2O[C@H]2C[C@]3(C)C(C[C@@H](O)C4C([C@]5(C)CC[C@H](C(C)(C)C)O5)CC[C@]43C)C3C2C(C)(C)C(=O)C[C@H]3C)[C@H](O)C1O. The minimum absolute atomic E-state index is 0.000582. The molecule has 3 aliphatic heterocycles. The second kappa shape index (κ2) is 15.2. The normalized spacial score (nSPS) is 55.2. The van der Waals surface area contributed by atoms with Gasteiger partial charge in [0.05, 0.1) is 49.3 Å². The zero-order chi connectivity index (χ0) is 41.9. The van der Waals surface area contributed by atoms with E-state index in [0.717, 1.165) is 25.7 Å². The fraction of sp³-hybridized carbons (Fsp3) is 0.977. The molecule has 328 valence electrons. The van der Waals surface area contributed by atoms with Gasteiger partial charge < -0.3 is 59.4 Å². The molecule has 57 heavy (non-hydrogen) atoms. The first kappa shape index (κ1) is 44.3. The number of aliphatic hydroxyl groups excluding tert-OH is 7. The summed E-state index contributed by atoms with van der Waals surface area (Å²) in [4.78, 5) is 14.0. The van der Waals surface area contributed by atoms with Crippen LogP contribution < -0.4 is 0 Å². The minimum Gasteiger partial charge on any atom is -0.394 e. The van der Waals surface area contributed by atoms with Crippen molar-refractivity contribution in [3.05, 3.63) is 0 Å². The van der Waals surface area contributed by atoms with Gasteiger partial charge in [-0.25, -0.2) is 0 Å². The first-order chi connectivity index (χ1) is 26.4. The van der Waals surface area contributed by atoms with Gasteiger partial charge in [0.25, 0.3) is 0 Å². The Balaban J connectivity index is 1.25. The van der Waals surface area contributed by atoms with E-state index in [0.29, 0.717) is 19.3 Å². The van der Waals surface area contributed by atoms with Crippen LogP contribution in [0.4, 0.5) is 0 Å². The summed E-state index contributed by atoms with van der Waals surface area (Å²) in [5.41, 5.74) is -1.85. The van der Waals surface area contributed by atoms with E-state index in [1.54, 1.807) is 6.92 Å². The van der Waals surface area contributed by atoms with Crippen molar-refractivity contribution in [2.75, 3.05) is 13.2 Å². The summed E-state index contributed by atoms with van der Waals surface area (Å²) >= 11 is 0. The Bertz CT molecular complexity index is 1470. The van der Waals surface area contributed by atoms with Crippen LogP contribution in [0, 0.1) is 63.1 Å². The van der Waals surface area contributed by atoms with Crippen LogP contribution >= 0.6 is 0 Å². The van der Waals surface area contributed by atoms with Gasteiger partial charge in [-0.05, 0) is 91.3 Å². The molecule has 7 fully saturated rings. The van der Waals surface area contributed by atoms with Crippen LogP contribution in [0.5, 0.6) is 0 Å². The van der Waals surface area contributed by atoms with E-state index < -0.39 is 92.1 Å². The number of rotatable bonds is 7. The number of aliphatic hydroxyl groups is 7. The smallest absolute Gasteiger partial charge is 0.187 e. The predicted molar refractivity (Wildman–Crippen MR) is 207 cm³/mol. The molecule has 13 nitrogen and oxygen atoms in total. The first-order valence-electron chi connectivity index (χ1n) is 21.9. The monoisotopic (exact) mass is 811 g/mol. The van der Waals surface area contributed by atoms with Crippen molar-refractivity contribution in [1.82, 2.24) is 0 Å². The van der Waals surface area contributed by atoms with Crippen molar-refractivity contribution in [3.8, 4) is 0 Å². The van der Waals surface area contributed by atoms with Crippen LogP contribution in [0.15, 0.2) is 0 Å². The summed E-state index contributed by atoms with van der Waals surface area (Å²) in [5.74, 6) is -0.580. The predicted octanol–water partition coefficient (Wildman–Crippen LogP) is 2.95. The molecular weight excluding hydrogens is 736 g/mol. The Morgan fingerprint density at radius 2 is 1.40 bits per heavy atom. The van der Waals surface area contributed by atoms with Gasteiger partial charge in [-0.3, -0.25) is 4.79 Å². The van der Waals surface area contributed by atoms with E-state index in [1.165, 1.54) is 0 Å². The molecule has 0 aromatic heterocycles. The van der Waals surface area contributed by atoms with E-state index in [1.807, 2.05) is 13.8 Å². The Kier molecular flexibility index (Phi) is 11.8. The molecule has 13 heteroatoms. The van der Waals surface area contributed by atoms with E-state index in [4.69, 9.17) is 23.7 Å². The molecule has 3 saturated heterocycles. The molecule has 0 amide bonds. The van der Waals surface area contributed by atoms with Gasteiger partial charge in [-0.1, -0.05) is 62.3 Å². The molecule has 22 atom stereocenters. The zero-order valence-electron chi connectivity index (χ0n) is 35.9. The van der Waals surface area contributed by atoms with E-state index in [2.05, 4.69) is 48.5 Å². The van der Waals surface area contributed by atoms with Crippen molar-refractivity contribution in [1.29, 1.82) is 0 Å². The van der Waals surface area contributed by atoms with Gasteiger partial charge in [0.1, 0.15) is 36.3 Å². The second-order valence-corrected chi connectivity index (χ2v) is 21.9. The average Bonchev–Trinajstić information content (AvgIpc) is 3.73. The summed E-state index contributed by atoms with van der Waals surface area (Å²) in [6.07, 6.45) is -8.26. The van der Waals surface area contributed by atoms with Crippen LogP contribution in [0.3, 0.4) is 0 Å². The summed E-state index contributed by atoms with van der Waals surface area (Å²) < 4.78 is 32.4. The quantitative estimate of drug-likeness (QED) is 0.185. The highest BCUT2D eigenvalue weighted by atomic mass is 16.8. The number of carbonyl (C=O) groups is 1. The van der Waals surface area contributed by atoms with Gasteiger partial charge in [0.2, 0.25) is 0 Å². The first-order valence-corrected chi connectivity index (χ1v) is 21.9. The maximum atomic E-state index is 14.0. The lowest BCUT2D eigenvalue weighted by atomic mass is 9.37. The van der Waals surface area contributed by atoms with Crippen molar-refractivity contribution < 1.29 is 64.2 Å². The van der Waals surface area contributed by atoms with Crippen molar-refractivity contribution in [3.63, 3.8) is 0 Å². The summed E-state index contributed by atoms with van der Waals surface area (Å²) in [5, 5.41) is 77.2. The van der Waals surface area contributed by atoms with Crippen LogP contribution in [0.1, 0.15) is 114 Å². The lowest BCUT2D eigenvalue weighted by Crippen LogP contribution is -2.69. The summed E-state index contributed by atoms with van der Waals surface area (Å²) in [7, 11) is 0. The molecule has 3 heterocycles. The number of hydrogen-bond donors (Lipinski definition) is 7. The molecular formula is C44H74O13. The fourth-order valence-electron chi connectivity index (χ4n) is 13.9. The number of ketones is 1. The summed E-state index contributed by atoms with van der Waals surface area (Å²) in [6, 6.07) is 0. The highest BCUT2D eigenvalue weighted by molar-refractivity contribution is 5.85. The number of ether oxygens (including phenoxy) is 5. The zero-order valence-corrected chi connectivity index (χ0v) is 35.9. The lowest BCUT2D eigenvalue weighted by Gasteiger charge is -2.68. The molecule has 4 saturated carbocycles. The number of Topliss-reactive ketones (excluding diaryl/α,β-unsaturated/α-hetero) is 1. The molecule has 0 radical (unpaired) electrons. The molecule has 7 rings (SSSR count). The van der Waals surface area contributed by atoms with Gasteiger partial charge in [0.15, 0.2) is 12.6 Å². The number of carbonyl (C=O) groups excluding carboxylic acids is 1. The third-order valence-corrected chi connectivity index (χ3v) is 17.5. The third-order valence-electron chi connectivity index (χ3n) is 17.5. The molecule has 0 aromatic carbocycles. The van der Waals surface area contributed by atoms with Crippen LogP contribution in [0.25, 0.3) is 0 Å². The average molecular weight is 811 g/mol. The largest absolute Gasteiger partial charge is 0.394 e. The van der Waals surface area contributed by atoms with Crippen LogP contribution in [-0.4, -0.2) is 134 Å². The van der Waals surface area contributed by atoms with Gasteiger partial charge in [0, 0.05) is 23.7 Å². The minimum atomic E-state index is -1.66. The standard InChI is InChI=1S/C44H74O13/c1-20-15-28(48)41(6,7)32-25(53-39-37(35(51)34(50)27(19-46)55-39)56-38-36(52)33(49)21(2)26(18-45)54-38)17-43(9)23(30(20)32)16-24(47)31-22(11-13-42(31,43)8)44(10)14-12-29(57-44)40(3,4)5/h20-27,29-39,45-47,49-52H,11-19H2,1-10H3/t20-,21+,22?,23?,24-,25+,26?,27?,29-,30?,31?,32?,33?,34+,35?,36-,37-,38-,39+,42-,43-,44+/m1/s1. The highest BCUT2D eigenvalue weighted by Gasteiger charge is 2.72. The Morgan fingerprint density at radius 1 is 0.754 bits per heavy atom. The second-order valence-electron chi connectivity index (χ2n) is 21.9. The number of fused-ring (bicyclic) bond motifs is 5. The van der Waals surface area contributed by atoms with Crippen molar-refractivity contribution >= 4 is 5.78 Å². The molecule has 0 bridgehead atoms. The molecule has 0 spiro atoms. The highest BCUT2D eigenvalue weighted by Crippen LogP contribution is 2.74. The third kappa shape index (κ3) is 6.92. The lowest BCUT2D eigenvalue weighted by molar-refractivity contribution is -0.377. The van der Waals surface area contributed by atoms with Gasteiger partial charge in [-0.2, -0.15) is 0 Å². The van der Waals surface area contributed by atoms with E-state index in [-0.39, 0.29) is 69.2 Å². The maximum Gasteiger partial charge on any atom is 0.187 e. The molecule has 4 aliphatic carbocycles. The molecule has 0 aromatic rings. The summed E-state index contributed by atoms with van der Waals surface area (Å²) in [6.45, 7) is 20.3. The Morgan fingerprint density at radius 3 is 2.02 bits per heavy atom. The fourth-order valence-corrected chi connectivity index (χ4v) is 13.9. The number of hydrogen-bond acceptors (Lipinski definition) is 13. The van der Waals surface area contributed by atoms with Gasteiger partial charge in [-0.15, -0.1) is 0 Å². The maximum absolute atomic E-state index is 14.0. The Hall–Kier alpha value is -0.810. The van der Waals surface area contributed by atoms with Crippen LogP contribution in [0.2, 0.25) is 0 Å². The van der Waals surface area contributed by atoms with Crippen molar-refractivity contribution in [2.45, 2.75) is 193 Å².